The molecule has 0 saturated heterocycles. The first-order chi connectivity index (χ1) is 8.28. The van der Waals surface area contributed by atoms with Gasteiger partial charge in [0.15, 0.2) is 0 Å². The summed E-state index contributed by atoms with van der Waals surface area (Å²) in [6.07, 6.45) is 0. The van der Waals surface area contributed by atoms with E-state index in [1.54, 1.807) is 0 Å². The molecule has 0 spiro atoms. The normalized spacial score (nSPS) is 9.94. The van der Waals surface area contributed by atoms with Crippen LogP contribution in [0.1, 0.15) is 5.56 Å². The van der Waals surface area contributed by atoms with Crippen LogP contribution in [0.3, 0.4) is 0 Å². The Kier molecular flexibility index (Phi) is 3.47. The van der Waals surface area contributed by atoms with Crippen LogP contribution in [0.4, 0.5) is 17.1 Å². The summed E-state index contributed by atoms with van der Waals surface area (Å²) in [6, 6.07) is 15.5. The van der Waals surface area contributed by atoms with Crippen molar-refractivity contribution >= 4 is 17.1 Å². The first-order valence-electron chi connectivity index (χ1n) is 5.44. The lowest BCUT2D eigenvalue weighted by atomic mass is 10.2. The van der Waals surface area contributed by atoms with Crippen molar-refractivity contribution in [3.8, 4) is 0 Å². The second kappa shape index (κ2) is 5.23. The van der Waals surface area contributed by atoms with Gasteiger partial charge in [-0.25, -0.2) is 0 Å². The number of nitrogens with one attached hydrogen (secondary N) is 2. The Bertz CT molecular complexity index is 496. The molecule has 2 aromatic rings. The van der Waals surface area contributed by atoms with Gasteiger partial charge in [-0.05, 0) is 35.9 Å². The van der Waals surface area contributed by atoms with Crippen molar-refractivity contribution in [2.75, 3.05) is 16.6 Å². The summed E-state index contributed by atoms with van der Waals surface area (Å²) in [4.78, 5) is 0. The second-order valence-corrected chi connectivity index (χ2v) is 3.78. The summed E-state index contributed by atoms with van der Waals surface area (Å²) in [6.45, 7) is 0.536. The fourth-order valence-corrected chi connectivity index (χ4v) is 1.54. The van der Waals surface area contributed by atoms with Crippen LogP contribution >= 0.6 is 0 Å². The highest BCUT2D eigenvalue weighted by atomic mass is 15.4. The molecule has 0 aromatic heterocycles. The molecule has 0 amide bonds. The first-order valence-corrected chi connectivity index (χ1v) is 5.44. The molecule has 0 atom stereocenters. The average molecular weight is 228 g/mol. The fraction of sp³-hybridized carbons (Fsp3) is 0.0769. The van der Waals surface area contributed by atoms with Crippen LogP contribution in [0.25, 0.3) is 0 Å². The predicted octanol–water partition coefficient (Wildman–Crippen LogP) is 2.17. The molecule has 0 aliphatic carbocycles. The summed E-state index contributed by atoms with van der Waals surface area (Å²) in [5.74, 6) is 0. The topological polar surface area (TPSA) is 76.1 Å². The number of anilines is 3. The molecule has 0 unspecified atom stereocenters. The van der Waals surface area contributed by atoms with Gasteiger partial charge in [0.1, 0.15) is 0 Å². The molecule has 2 rings (SSSR count). The third kappa shape index (κ3) is 3.12. The van der Waals surface area contributed by atoms with Gasteiger partial charge in [-0.3, -0.25) is 0 Å². The molecule has 4 heteroatoms. The highest BCUT2D eigenvalue weighted by Gasteiger charge is 1.95. The van der Waals surface area contributed by atoms with Crippen molar-refractivity contribution in [3.05, 3.63) is 54.1 Å². The van der Waals surface area contributed by atoms with E-state index in [0.717, 1.165) is 22.6 Å². The molecule has 0 heterocycles. The Morgan fingerprint density at radius 1 is 0.882 bits per heavy atom. The minimum atomic E-state index is 0.536. The van der Waals surface area contributed by atoms with Crippen molar-refractivity contribution in [2.45, 2.75) is 6.54 Å². The second-order valence-electron chi connectivity index (χ2n) is 3.78. The van der Waals surface area contributed by atoms with Crippen molar-refractivity contribution in [3.63, 3.8) is 0 Å². The van der Waals surface area contributed by atoms with Crippen molar-refractivity contribution in [1.29, 1.82) is 0 Å². The van der Waals surface area contributed by atoms with E-state index in [-0.39, 0.29) is 0 Å². The lowest BCUT2D eigenvalue weighted by Gasteiger charge is -2.10. The minimum Gasteiger partial charge on any atom is -0.399 e. The van der Waals surface area contributed by atoms with Gasteiger partial charge in [0.25, 0.3) is 0 Å². The summed E-state index contributed by atoms with van der Waals surface area (Å²) in [7, 11) is 0. The SMILES string of the molecule is NCc1cccc(NNc2cccc(N)c2)c1. The van der Waals surface area contributed by atoms with E-state index in [0.29, 0.717) is 6.54 Å². The Morgan fingerprint density at radius 2 is 1.53 bits per heavy atom. The Labute approximate surface area is 101 Å². The van der Waals surface area contributed by atoms with E-state index in [1.165, 1.54) is 0 Å². The number of hydrogen-bond acceptors (Lipinski definition) is 4. The highest BCUT2D eigenvalue weighted by molar-refractivity contribution is 5.58. The lowest BCUT2D eigenvalue weighted by Crippen LogP contribution is -2.09. The average Bonchev–Trinajstić information content (AvgIpc) is 2.37. The molecule has 0 fully saturated rings. The van der Waals surface area contributed by atoms with Crippen LogP contribution in [0.15, 0.2) is 48.5 Å². The third-order valence-electron chi connectivity index (χ3n) is 2.40. The van der Waals surface area contributed by atoms with Crippen molar-refractivity contribution in [2.24, 2.45) is 5.73 Å². The predicted molar refractivity (Wildman–Crippen MR) is 72.4 cm³/mol. The maximum atomic E-state index is 5.69. The smallest absolute Gasteiger partial charge is 0.0560 e. The van der Waals surface area contributed by atoms with Crippen LogP contribution in [0, 0.1) is 0 Å². The van der Waals surface area contributed by atoms with Gasteiger partial charge >= 0.3 is 0 Å². The van der Waals surface area contributed by atoms with Gasteiger partial charge in [-0.2, -0.15) is 0 Å². The zero-order valence-electron chi connectivity index (χ0n) is 9.48. The van der Waals surface area contributed by atoms with Crippen LogP contribution in [0.2, 0.25) is 0 Å². The maximum absolute atomic E-state index is 5.69. The number of nitrogens with two attached hydrogens (primary N) is 2. The van der Waals surface area contributed by atoms with E-state index in [4.69, 9.17) is 11.5 Å². The van der Waals surface area contributed by atoms with Gasteiger partial charge in [-0.1, -0.05) is 18.2 Å². The quantitative estimate of drug-likeness (QED) is 0.478. The van der Waals surface area contributed by atoms with E-state index in [9.17, 15) is 0 Å². The van der Waals surface area contributed by atoms with E-state index < -0.39 is 0 Å². The molecule has 88 valence electrons. The maximum Gasteiger partial charge on any atom is 0.0560 e. The van der Waals surface area contributed by atoms with E-state index in [2.05, 4.69) is 10.9 Å². The number of rotatable bonds is 4. The van der Waals surface area contributed by atoms with E-state index in [1.807, 2.05) is 48.5 Å². The van der Waals surface area contributed by atoms with Crippen LogP contribution < -0.4 is 22.3 Å². The molecule has 0 aliphatic rings. The molecule has 0 bridgehead atoms. The number of benzene rings is 2. The molecule has 0 saturated carbocycles. The van der Waals surface area contributed by atoms with Crippen LogP contribution in [0.5, 0.6) is 0 Å². The Balaban J connectivity index is 2.02. The van der Waals surface area contributed by atoms with Gasteiger partial charge in [0.2, 0.25) is 0 Å². The Hall–Kier alpha value is -2.20. The molecule has 17 heavy (non-hydrogen) atoms. The minimum absolute atomic E-state index is 0.536. The number of hydrazine groups is 1. The summed E-state index contributed by atoms with van der Waals surface area (Å²) in [5.41, 5.74) is 21.2. The summed E-state index contributed by atoms with van der Waals surface area (Å²) < 4.78 is 0. The van der Waals surface area contributed by atoms with Crippen LogP contribution in [-0.2, 0) is 6.54 Å². The fourth-order valence-electron chi connectivity index (χ4n) is 1.54. The van der Waals surface area contributed by atoms with Gasteiger partial charge in [0, 0.05) is 12.2 Å². The zero-order chi connectivity index (χ0) is 12.1. The van der Waals surface area contributed by atoms with Crippen molar-refractivity contribution < 1.29 is 0 Å². The van der Waals surface area contributed by atoms with Gasteiger partial charge in [0.05, 0.1) is 11.4 Å². The monoisotopic (exact) mass is 228 g/mol. The number of hydrogen-bond donors (Lipinski definition) is 4. The van der Waals surface area contributed by atoms with Gasteiger partial charge < -0.3 is 22.3 Å². The van der Waals surface area contributed by atoms with Crippen LogP contribution in [-0.4, -0.2) is 0 Å². The molecule has 4 nitrogen and oxygen atoms in total. The molecule has 0 aliphatic heterocycles. The summed E-state index contributed by atoms with van der Waals surface area (Å²) >= 11 is 0. The zero-order valence-corrected chi connectivity index (χ0v) is 9.48. The molecule has 6 N–H and O–H groups in total. The third-order valence-corrected chi connectivity index (χ3v) is 2.40. The number of nitrogen functional groups attached to an aromatic ring is 1. The first kappa shape index (κ1) is 11.3. The van der Waals surface area contributed by atoms with Gasteiger partial charge in [-0.15, -0.1) is 0 Å². The van der Waals surface area contributed by atoms with Crippen molar-refractivity contribution in [1.82, 2.24) is 0 Å². The summed E-state index contributed by atoms with van der Waals surface area (Å²) in [5, 5.41) is 0. The van der Waals surface area contributed by atoms with E-state index >= 15 is 0 Å². The molecular formula is C13H16N4. The molecule has 2 aromatic carbocycles. The Morgan fingerprint density at radius 3 is 2.18 bits per heavy atom. The molecule has 0 radical (unpaired) electrons. The largest absolute Gasteiger partial charge is 0.399 e. The molecular weight excluding hydrogens is 212 g/mol. The highest BCUT2D eigenvalue weighted by Crippen LogP contribution is 2.14. The standard InChI is InChI=1S/C13H16N4/c14-9-10-3-1-5-12(7-10)16-17-13-6-2-4-11(15)8-13/h1-8,16-17H,9,14-15H2. The lowest BCUT2D eigenvalue weighted by molar-refractivity contribution is 1.07.